The Hall–Kier alpha value is -1.06. The third-order valence-corrected chi connectivity index (χ3v) is 1.66. The van der Waals surface area contributed by atoms with Crippen LogP contribution in [0.4, 0.5) is 0 Å². The first-order valence-corrected chi connectivity index (χ1v) is 3.24. The van der Waals surface area contributed by atoms with Gasteiger partial charge in [-0.25, -0.2) is 0 Å². The van der Waals surface area contributed by atoms with E-state index in [0.29, 0.717) is 12.4 Å². The number of likely N-dealkylation sites (tertiary alicyclic amines) is 1. The smallest absolute Gasteiger partial charge is 0.0929 e. The van der Waals surface area contributed by atoms with Crippen molar-refractivity contribution < 1.29 is 5.21 Å². The van der Waals surface area contributed by atoms with E-state index in [1.165, 1.54) is 0 Å². The monoisotopic (exact) mass is 141 g/mol. The summed E-state index contributed by atoms with van der Waals surface area (Å²) in [6.45, 7) is 3.17. The third kappa shape index (κ3) is 1.26. The topological polar surface area (TPSA) is 59.7 Å². The minimum absolute atomic E-state index is 0.540. The number of oxime groups is 1. The first-order valence-electron chi connectivity index (χ1n) is 3.24. The van der Waals surface area contributed by atoms with Crippen molar-refractivity contribution in [2.24, 2.45) is 5.16 Å². The molecule has 1 rings (SSSR count). The quantitative estimate of drug-likeness (QED) is 0.223. The number of hydrogen-bond donors (Lipinski definition) is 2. The lowest BCUT2D eigenvalue weighted by molar-refractivity contribution is 0.317. The Kier molecular flexibility index (Phi) is 1.89. The maximum absolute atomic E-state index is 8.36. The minimum atomic E-state index is 0.540. The highest BCUT2D eigenvalue weighted by atomic mass is 16.4. The highest BCUT2D eigenvalue weighted by Crippen LogP contribution is 2.05. The Balaban J connectivity index is 2.51. The zero-order valence-electron chi connectivity index (χ0n) is 5.96. The van der Waals surface area contributed by atoms with Gasteiger partial charge in [0.05, 0.1) is 18.1 Å². The summed E-state index contributed by atoms with van der Waals surface area (Å²) in [6.07, 6.45) is 0.784. The summed E-state index contributed by atoms with van der Waals surface area (Å²) in [4.78, 5) is 1.87. The van der Waals surface area contributed by atoms with Crippen LogP contribution < -0.4 is 0 Å². The molecule has 0 radical (unpaired) electrons. The van der Waals surface area contributed by atoms with Crippen LogP contribution in [0.25, 0.3) is 0 Å². The van der Waals surface area contributed by atoms with Gasteiger partial charge in [-0.15, -0.1) is 0 Å². The molecule has 1 fully saturated rings. The minimum Gasteiger partial charge on any atom is -0.411 e. The van der Waals surface area contributed by atoms with E-state index in [4.69, 9.17) is 10.6 Å². The van der Waals surface area contributed by atoms with Crippen LogP contribution in [0.3, 0.4) is 0 Å². The average Bonchev–Trinajstić information content (AvgIpc) is 2.34. The SMILES string of the molecule is CC(=N)N1CC/C(=N/O)C1. The number of nitrogens with one attached hydrogen (secondary N) is 1. The summed E-state index contributed by atoms with van der Waals surface area (Å²) in [5.74, 6) is 0.540. The van der Waals surface area contributed by atoms with Crippen LogP contribution in [0, 0.1) is 5.41 Å². The first kappa shape index (κ1) is 7.05. The molecule has 0 amide bonds. The fourth-order valence-electron chi connectivity index (χ4n) is 1.01. The molecule has 0 saturated carbocycles. The molecule has 4 nitrogen and oxygen atoms in total. The van der Waals surface area contributed by atoms with E-state index in [2.05, 4.69) is 5.16 Å². The van der Waals surface area contributed by atoms with Crippen LogP contribution in [0.2, 0.25) is 0 Å². The van der Waals surface area contributed by atoms with Crippen LogP contribution in [-0.2, 0) is 0 Å². The maximum atomic E-state index is 8.36. The van der Waals surface area contributed by atoms with Crippen molar-refractivity contribution in [3.05, 3.63) is 0 Å². The van der Waals surface area contributed by atoms with Crippen molar-refractivity contribution >= 4 is 11.5 Å². The highest BCUT2D eigenvalue weighted by molar-refractivity contribution is 5.92. The van der Waals surface area contributed by atoms with Crippen LogP contribution in [-0.4, -0.2) is 34.7 Å². The fourth-order valence-corrected chi connectivity index (χ4v) is 1.01. The van der Waals surface area contributed by atoms with Crippen molar-refractivity contribution in [1.29, 1.82) is 5.41 Å². The summed E-state index contributed by atoms with van der Waals surface area (Å²) >= 11 is 0. The lowest BCUT2D eigenvalue weighted by atomic mass is 10.3. The zero-order valence-corrected chi connectivity index (χ0v) is 5.96. The van der Waals surface area contributed by atoms with Crippen LogP contribution in [0.15, 0.2) is 5.16 Å². The molecule has 1 saturated heterocycles. The van der Waals surface area contributed by atoms with E-state index < -0.39 is 0 Å². The van der Waals surface area contributed by atoms with Crippen molar-refractivity contribution in [1.82, 2.24) is 4.90 Å². The Morgan fingerprint density at radius 2 is 2.50 bits per heavy atom. The molecule has 0 bridgehead atoms. The molecule has 4 heteroatoms. The van der Waals surface area contributed by atoms with Gasteiger partial charge in [0.1, 0.15) is 0 Å². The van der Waals surface area contributed by atoms with Crippen molar-refractivity contribution in [2.45, 2.75) is 13.3 Å². The van der Waals surface area contributed by atoms with Gasteiger partial charge in [0, 0.05) is 13.0 Å². The predicted molar refractivity (Wildman–Crippen MR) is 38.8 cm³/mol. The largest absolute Gasteiger partial charge is 0.411 e. The Labute approximate surface area is 59.6 Å². The van der Waals surface area contributed by atoms with Crippen molar-refractivity contribution in [3.8, 4) is 0 Å². The zero-order chi connectivity index (χ0) is 7.56. The fraction of sp³-hybridized carbons (Fsp3) is 0.667. The average molecular weight is 141 g/mol. The van der Waals surface area contributed by atoms with E-state index in [-0.39, 0.29) is 0 Å². The molecule has 2 N–H and O–H groups in total. The standard InChI is InChI=1S/C6H11N3O/c1-5(7)9-3-2-6(4-9)8-10/h7,10H,2-4H2,1H3/b7-5?,8-6-. The Morgan fingerprint density at radius 1 is 1.80 bits per heavy atom. The molecule has 1 heterocycles. The maximum Gasteiger partial charge on any atom is 0.0929 e. The number of amidine groups is 1. The number of nitrogens with zero attached hydrogens (tertiary/aromatic N) is 2. The van der Waals surface area contributed by atoms with Crippen molar-refractivity contribution in [2.75, 3.05) is 13.1 Å². The first-order chi connectivity index (χ1) is 4.74. The summed E-state index contributed by atoms with van der Waals surface area (Å²) in [6, 6.07) is 0. The molecule has 0 aliphatic carbocycles. The number of rotatable bonds is 0. The van der Waals surface area contributed by atoms with Gasteiger partial charge >= 0.3 is 0 Å². The second kappa shape index (κ2) is 2.68. The van der Waals surface area contributed by atoms with E-state index in [1.54, 1.807) is 6.92 Å². The van der Waals surface area contributed by atoms with E-state index in [0.717, 1.165) is 18.7 Å². The number of hydrogen-bond acceptors (Lipinski definition) is 3. The van der Waals surface area contributed by atoms with Gasteiger partial charge in [0.2, 0.25) is 0 Å². The lowest BCUT2D eigenvalue weighted by Gasteiger charge is -2.12. The third-order valence-electron chi connectivity index (χ3n) is 1.66. The Bertz CT molecular complexity index is 176. The molecule has 10 heavy (non-hydrogen) atoms. The second-order valence-corrected chi connectivity index (χ2v) is 2.42. The molecule has 0 aromatic carbocycles. The Morgan fingerprint density at radius 3 is 2.80 bits per heavy atom. The van der Waals surface area contributed by atoms with E-state index in [1.807, 2.05) is 4.90 Å². The summed E-state index contributed by atoms with van der Waals surface area (Å²) in [7, 11) is 0. The highest BCUT2D eigenvalue weighted by Gasteiger charge is 2.17. The molecule has 56 valence electrons. The van der Waals surface area contributed by atoms with Gasteiger partial charge in [0.15, 0.2) is 0 Å². The molecule has 0 aromatic rings. The van der Waals surface area contributed by atoms with Gasteiger partial charge < -0.3 is 10.1 Å². The van der Waals surface area contributed by atoms with Gasteiger partial charge in [-0.1, -0.05) is 5.16 Å². The molecule has 0 atom stereocenters. The molecular weight excluding hydrogens is 130 g/mol. The molecule has 0 spiro atoms. The lowest BCUT2D eigenvalue weighted by Crippen LogP contribution is -2.25. The van der Waals surface area contributed by atoms with Crippen LogP contribution in [0.5, 0.6) is 0 Å². The van der Waals surface area contributed by atoms with Gasteiger partial charge in [0.25, 0.3) is 0 Å². The molecule has 0 aromatic heterocycles. The summed E-state index contributed by atoms with van der Waals surface area (Å²) in [5, 5.41) is 18.7. The normalized spacial score (nSPS) is 22.1. The molecule has 1 aliphatic heterocycles. The second-order valence-electron chi connectivity index (χ2n) is 2.42. The van der Waals surface area contributed by atoms with Crippen LogP contribution in [0.1, 0.15) is 13.3 Å². The summed E-state index contributed by atoms with van der Waals surface area (Å²) < 4.78 is 0. The predicted octanol–water partition coefficient (Wildman–Crippen LogP) is 0.519. The summed E-state index contributed by atoms with van der Waals surface area (Å²) in [5.41, 5.74) is 0.770. The van der Waals surface area contributed by atoms with Crippen LogP contribution >= 0.6 is 0 Å². The van der Waals surface area contributed by atoms with Gasteiger partial charge in [-0.3, -0.25) is 5.41 Å². The van der Waals surface area contributed by atoms with Crippen molar-refractivity contribution in [3.63, 3.8) is 0 Å². The van der Waals surface area contributed by atoms with E-state index in [9.17, 15) is 0 Å². The molecule has 0 unspecified atom stereocenters. The van der Waals surface area contributed by atoms with Gasteiger partial charge in [-0.05, 0) is 6.92 Å². The van der Waals surface area contributed by atoms with Gasteiger partial charge in [-0.2, -0.15) is 0 Å². The molecule has 1 aliphatic rings. The van der Waals surface area contributed by atoms with E-state index >= 15 is 0 Å². The molecular formula is C6H11N3O.